The van der Waals surface area contributed by atoms with E-state index in [2.05, 4.69) is 17.0 Å². The largest absolute Gasteiger partial charge is 0.342 e. The molecule has 0 radical (unpaired) electrons. The summed E-state index contributed by atoms with van der Waals surface area (Å²) in [5.74, 6) is 0.741. The van der Waals surface area contributed by atoms with Crippen LogP contribution >= 0.6 is 0 Å². The van der Waals surface area contributed by atoms with Crippen LogP contribution in [0.1, 0.15) is 32.6 Å². The third-order valence-electron chi connectivity index (χ3n) is 4.73. The van der Waals surface area contributed by atoms with E-state index < -0.39 is 0 Å². The normalized spacial score (nSPS) is 18.5. The number of carbonyl (C=O) groups excluding carboxylic acids is 1. The molecule has 1 aliphatic heterocycles. The van der Waals surface area contributed by atoms with Crippen molar-refractivity contribution in [2.24, 2.45) is 13.0 Å². The van der Waals surface area contributed by atoms with Crippen LogP contribution in [0.3, 0.4) is 0 Å². The first-order valence-corrected chi connectivity index (χ1v) is 8.25. The van der Waals surface area contributed by atoms with Gasteiger partial charge in [0.15, 0.2) is 5.65 Å². The molecule has 2 aromatic rings. The third-order valence-corrected chi connectivity index (χ3v) is 4.73. The summed E-state index contributed by atoms with van der Waals surface area (Å²) in [6, 6.07) is 0. The number of piperidine rings is 1. The molecule has 0 spiro atoms. The van der Waals surface area contributed by atoms with Crippen LogP contribution in [-0.2, 0) is 18.4 Å². The maximum Gasteiger partial charge on any atom is 0.264 e. The highest BCUT2D eigenvalue weighted by Gasteiger charge is 2.22. The summed E-state index contributed by atoms with van der Waals surface area (Å²) in [6.07, 6.45) is 6.77. The Balaban J connectivity index is 1.67. The van der Waals surface area contributed by atoms with Gasteiger partial charge < -0.3 is 4.90 Å². The molecular weight excluding hydrogens is 294 g/mol. The first-order valence-electron chi connectivity index (χ1n) is 8.25. The van der Waals surface area contributed by atoms with E-state index in [0.29, 0.717) is 29.9 Å². The van der Waals surface area contributed by atoms with E-state index in [1.54, 1.807) is 11.7 Å². The minimum Gasteiger partial charge on any atom is -0.342 e. The van der Waals surface area contributed by atoms with Gasteiger partial charge in [-0.05, 0) is 18.8 Å². The molecule has 0 aromatic carbocycles. The second kappa shape index (κ2) is 6.52. The summed E-state index contributed by atoms with van der Waals surface area (Å²) in [4.78, 5) is 31.0. The Morgan fingerprint density at radius 3 is 3.04 bits per heavy atom. The molecule has 1 fully saturated rings. The van der Waals surface area contributed by atoms with Gasteiger partial charge in [0, 0.05) is 33.1 Å². The van der Waals surface area contributed by atoms with E-state index in [0.717, 1.165) is 25.9 Å². The minimum absolute atomic E-state index is 0.126. The SMILES string of the molecule is CC[C@@H]1CCCN(C(=O)CCn2cnc3c(cnn3C)c2=O)C1. The lowest BCUT2D eigenvalue weighted by Gasteiger charge is -2.32. The van der Waals surface area contributed by atoms with E-state index in [1.807, 2.05) is 4.90 Å². The molecule has 124 valence electrons. The summed E-state index contributed by atoms with van der Waals surface area (Å²) in [7, 11) is 1.75. The van der Waals surface area contributed by atoms with Gasteiger partial charge in [-0.1, -0.05) is 13.3 Å². The van der Waals surface area contributed by atoms with Gasteiger partial charge in [-0.3, -0.25) is 18.8 Å². The Hall–Kier alpha value is -2.18. The Morgan fingerprint density at radius 2 is 2.26 bits per heavy atom. The molecule has 3 heterocycles. The smallest absolute Gasteiger partial charge is 0.264 e. The molecular formula is C16H23N5O2. The van der Waals surface area contributed by atoms with Crippen molar-refractivity contribution >= 4 is 16.9 Å². The number of fused-ring (bicyclic) bond motifs is 1. The minimum atomic E-state index is -0.138. The van der Waals surface area contributed by atoms with Gasteiger partial charge in [0.2, 0.25) is 5.91 Å². The lowest BCUT2D eigenvalue weighted by atomic mass is 9.95. The van der Waals surface area contributed by atoms with Gasteiger partial charge in [-0.25, -0.2) is 4.98 Å². The monoisotopic (exact) mass is 317 g/mol. The summed E-state index contributed by atoms with van der Waals surface area (Å²) < 4.78 is 3.08. The first-order chi connectivity index (χ1) is 11.1. The lowest BCUT2D eigenvalue weighted by molar-refractivity contribution is -0.133. The molecule has 1 atom stereocenters. The Morgan fingerprint density at radius 1 is 1.43 bits per heavy atom. The molecule has 1 amide bonds. The molecule has 1 saturated heterocycles. The van der Waals surface area contributed by atoms with Gasteiger partial charge in [0.1, 0.15) is 5.39 Å². The van der Waals surface area contributed by atoms with Crippen LogP contribution in [-0.4, -0.2) is 43.2 Å². The van der Waals surface area contributed by atoms with Crippen LogP contribution in [0.25, 0.3) is 11.0 Å². The predicted molar refractivity (Wildman–Crippen MR) is 87.0 cm³/mol. The fourth-order valence-corrected chi connectivity index (χ4v) is 3.22. The molecule has 0 unspecified atom stereocenters. The lowest BCUT2D eigenvalue weighted by Crippen LogP contribution is -2.40. The van der Waals surface area contributed by atoms with Crippen LogP contribution < -0.4 is 5.56 Å². The number of likely N-dealkylation sites (tertiary alicyclic amines) is 1. The Bertz CT molecular complexity index is 763. The molecule has 0 saturated carbocycles. The molecule has 3 rings (SSSR count). The number of carbonyl (C=O) groups is 1. The highest BCUT2D eigenvalue weighted by molar-refractivity contribution is 5.76. The van der Waals surface area contributed by atoms with Crippen molar-refractivity contribution < 1.29 is 4.79 Å². The summed E-state index contributed by atoms with van der Waals surface area (Å²) in [6.45, 7) is 4.23. The maximum absolute atomic E-state index is 12.4. The molecule has 0 bridgehead atoms. The average molecular weight is 317 g/mol. The zero-order chi connectivity index (χ0) is 16.4. The van der Waals surface area contributed by atoms with Crippen LogP contribution in [0.2, 0.25) is 0 Å². The number of hydrogen-bond donors (Lipinski definition) is 0. The molecule has 23 heavy (non-hydrogen) atoms. The topological polar surface area (TPSA) is 73.0 Å². The summed E-state index contributed by atoms with van der Waals surface area (Å²) >= 11 is 0. The quantitative estimate of drug-likeness (QED) is 0.848. The molecule has 7 nitrogen and oxygen atoms in total. The standard InChI is InChI=1S/C16H23N5O2/c1-3-12-5-4-7-20(10-12)14(22)6-8-21-11-17-15-13(16(21)23)9-18-19(15)2/h9,11-12H,3-8,10H2,1-2H3/t12-/m1/s1. The van der Waals surface area contributed by atoms with Gasteiger partial charge in [0.25, 0.3) is 5.56 Å². The fraction of sp³-hybridized carbons (Fsp3) is 0.625. The van der Waals surface area contributed by atoms with Gasteiger partial charge in [0.05, 0.1) is 12.5 Å². The van der Waals surface area contributed by atoms with Crippen molar-refractivity contribution in [1.29, 1.82) is 0 Å². The molecule has 0 N–H and O–H groups in total. The highest BCUT2D eigenvalue weighted by Crippen LogP contribution is 2.19. The second-order valence-corrected chi connectivity index (χ2v) is 6.25. The van der Waals surface area contributed by atoms with Gasteiger partial charge in [-0.15, -0.1) is 0 Å². The van der Waals surface area contributed by atoms with E-state index >= 15 is 0 Å². The number of rotatable bonds is 4. The Kier molecular flexibility index (Phi) is 4.45. The number of nitrogens with zero attached hydrogens (tertiary/aromatic N) is 5. The number of aryl methyl sites for hydroxylation is 2. The Labute approximate surface area is 134 Å². The van der Waals surface area contributed by atoms with Crippen LogP contribution in [0.4, 0.5) is 0 Å². The molecule has 7 heteroatoms. The zero-order valence-corrected chi connectivity index (χ0v) is 13.7. The number of hydrogen-bond acceptors (Lipinski definition) is 4. The molecule has 1 aliphatic rings. The molecule has 0 aliphatic carbocycles. The number of amides is 1. The van der Waals surface area contributed by atoms with Crippen molar-refractivity contribution in [1.82, 2.24) is 24.2 Å². The predicted octanol–water partition coefficient (Wildman–Crippen LogP) is 1.17. The van der Waals surface area contributed by atoms with E-state index in [4.69, 9.17) is 0 Å². The highest BCUT2D eigenvalue weighted by atomic mass is 16.2. The first kappa shape index (κ1) is 15.7. The maximum atomic E-state index is 12.4. The van der Waals surface area contributed by atoms with Crippen molar-refractivity contribution in [3.05, 3.63) is 22.9 Å². The van der Waals surface area contributed by atoms with E-state index in [-0.39, 0.29) is 11.5 Å². The van der Waals surface area contributed by atoms with E-state index in [9.17, 15) is 9.59 Å². The summed E-state index contributed by atoms with van der Waals surface area (Å²) in [5, 5.41) is 4.54. The molecule has 2 aromatic heterocycles. The average Bonchev–Trinajstić information content (AvgIpc) is 2.96. The van der Waals surface area contributed by atoms with Crippen molar-refractivity contribution in [3.8, 4) is 0 Å². The fourth-order valence-electron chi connectivity index (χ4n) is 3.22. The summed E-state index contributed by atoms with van der Waals surface area (Å²) in [5.41, 5.74) is 0.431. The number of aromatic nitrogens is 4. The van der Waals surface area contributed by atoms with Crippen molar-refractivity contribution in [2.75, 3.05) is 13.1 Å². The van der Waals surface area contributed by atoms with Crippen LogP contribution in [0, 0.1) is 5.92 Å². The second-order valence-electron chi connectivity index (χ2n) is 6.25. The van der Waals surface area contributed by atoms with Gasteiger partial charge in [-0.2, -0.15) is 5.10 Å². The van der Waals surface area contributed by atoms with Crippen LogP contribution in [0.5, 0.6) is 0 Å². The third kappa shape index (κ3) is 3.13. The van der Waals surface area contributed by atoms with Crippen molar-refractivity contribution in [2.45, 2.75) is 39.2 Å². The van der Waals surface area contributed by atoms with Gasteiger partial charge >= 0.3 is 0 Å². The van der Waals surface area contributed by atoms with E-state index in [1.165, 1.54) is 23.5 Å². The van der Waals surface area contributed by atoms with Crippen molar-refractivity contribution in [3.63, 3.8) is 0 Å². The van der Waals surface area contributed by atoms with Crippen LogP contribution in [0.15, 0.2) is 17.3 Å². The zero-order valence-electron chi connectivity index (χ0n) is 13.7.